The predicted octanol–water partition coefficient (Wildman–Crippen LogP) is 3.93. The third kappa shape index (κ3) is 3.28. The van der Waals surface area contributed by atoms with Crippen LogP contribution in [0.2, 0.25) is 5.15 Å². The molecule has 0 unspecified atom stereocenters. The van der Waals surface area contributed by atoms with E-state index < -0.39 is 5.97 Å². The van der Waals surface area contributed by atoms with Crippen molar-refractivity contribution in [2.45, 2.75) is 12.1 Å². The van der Waals surface area contributed by atoms with E-state index in [1.165, 1.54) is 18.0 Å². The number of fused-ring (bicyclic) bond motifs is 1. The molecule has 0 N–H and O–H groups in total. The minimum absolute atomic E-state index is 0.0683. The molecule has 0 aliphatic heterocycles. The summed E-state index contributed by atoms with van der Waals surface area (Å²) in [5.74, 6) is -0.236. The molecule has 3 aromatic rings. The van der Waals surface area contributed by atoms with Crippen molar-refractivity contribution in [3.63, 3.8) is 0 Å². The number of rotatable bonds is 3. The number of aryl methyl sites for hydroxylation is 1. The molecule has 2 heterocycles. The average Bonchev–Trinajstić information content (AvgIpc) is 2.55. The largest absolute Gasteiger partial charge is 0.420 e. The molecule has 3 rings (SSSR count). The Morgan fingerprint density at radius 2 is 2.04 bits per heavy atom. The lowest BCUT2D eigenvalue weighted by Crippen LogP contribution is -2.11. The molecule has 0 aliphatic rings. The summed E-state index contributed by atoms with van der Waals surface area (Å²) in [5.41, 5.74) is 1.58. The molecule has 7 heteroatoms. The van der Waals surface area contributed by atoms with Gasteiger partial charge < -0.3 is 4.74 Å². The van der Waals surface area contributed by atoms with E-state index in [-0.39, 0.29) is 10.7 Å². The maximum atomic E-state index is 12.3. The number of carbonyl (C=O) groups is 1. The lowest BCUT2D eigenvalue weighted by molar-refractivity contribution is 0.0736. The van der Waals surface area contributed by atoms with E-state index in [4.69, 9.17) is 16.3 Å². The van der Waals surface area contributed by atoms with Gasteiger partial charge in [-0.1, -0.05) is 41.6 Å². The molecule has 23 heavy (non-hydrogen) atoms. The second-order valence-corrected chi connectivity index (χ2v) is 5.86. The Bertz CT molecular complexity index is 902. The molecule has 0 saturated heterocycles. The van der Waals surface area contributed by atoms with Gasteiger partial charge in [0.05, 0.1) is 0 Å². The molecule has 0 spiro atoms. The third-order valence-corrected chi connectivity index (χ3v) is 4.00. The zero-order valence-electron chi connectivity index (χ0n) is 12.4. The van der Waals surface area contributed by atoms with E-state index in [0.717, 1.165) is 11.1 Å². The Morgan fingerprint density at radius 1 is 1.22 bits per heavy atom. The van der Waals surface area contributed by atoms with Crippen molar-refractivity contribution in [3.8, 4) is 5.75 Å². The first kappa shape index (κ1) is 15.7. The van der Waals surface area contributed by atoms with E-state index in [1.807, 2.05) is 31.4 Å². The van der Waals surface area contributed by atoms with E-state index in [9.17, 15) is 4.79 Å². The third-order valence-electron chi connectivity index (χ3n) is 3.15. The summed E-state index contributed by atoms with van der Waals surface area (Å²) in [6, 6.07) is 9.23. The summed E-state index contributed by atoms with van der Waals surface area (Å²) in [5, 5.41) is 1.45. The van der Waals surface area contributed by atoms with Gasteiger partial charge in [0, 0.05) is 17.3 Å². The number of nitrogens with zero attached hydrogens (tertiary/aromatic N) is 3. The maximum Gasteiger partial charge on any atom is 0.348 e. The lowest BCUT2D eigenvalue weighted by atomic mass is 10.2. The van der Waals surface area contributed by atoms with Crippen LogP contribution in [-0.4, -0.2) is 27.2 Å². The quantitative estimate of drug-likeness (QED) is 0.235. The van der Waals surface area contributed by atoms with Crippen molar-refractivity contribution in [1.29, 1.82) is 0 Å². The Morgan fingerprint density at radius 3 is 2.78 bits per heavy atom. The van der Waals surface area contributed by atoms with Crippen LogP contribution in [0.25, 0.3) is 10.9 Å². The molecule has 1 aromatic carbocycles. The first-order valence-electron chi connectivity index (χ1n) is 6.73. The fourth-order valence-corrected chi connectivity index (χ4v) is 2.63. The van der Waals surface area contributed by atoms with Crippen molar-refractivity contribution in [1.82, 2.24) is 15.0 Å². The molecule has 0 bridgehead atoms. The summed E-state index contributed by atoms with van der Waals surface area (Å²) >= 11 is 7.37. The van der Waals surface area contributed by atoms with Crippen LogP contribution in [-0.2, 0) is 0 Å². The molecule has 116 valence electrons. The summed E-state index contributed by atoms with van der Waals surface area (Å²) < 4.78 is 5.45. The van der Waals surface area contributed by atoms with Crippen LogP contribution in [0.15, 0.2) is 41.7 Å². The van der Waals surface area contributed by atoms with Gasteiger partial charge in [0.2, 0.25) is 0 Å². The lowest BCUT2D eigenvalue weighted by Gasteiger charge is -2.08. The van der Waals surface area contributed by atoms with Gasteiger partial charge in [-0.15, -0.1) is 0 Å². The predicted molar refractivity (Wildman–Crippen MR) is 90.3 cm³/mol. The Balaban J connectivity index is 1.96. The number of pyridine rings is 1. The Labute approximate surface area is 142 Å². The number of carbonyl (C=O) groups excluding carboxylic acids is 1. The van der Waals surface area contributed by atoms with E-state index in [1.54, 1.807) is 12.1 Å². The fraction of sp³-hybridized carbons (Fsp3) is 0.125. The zero-order chi connectivity index (χ0) is 16.4. The first-order chi connectivity index (χ1) is 11.1. The second kappa shape index (κ2) is 6.52. The molecular weight excluding hydrogens is 334 g/mol. The zero-order valence-corrected chi connectivity index (χ0v) is 14.0. The van der Waals surface area contributed by atoms with Crippen LogP contribution in [0.3, 0.4) is 0 Å². The van der Waals surface area contributed by atoms with Crippen LogP contribution >= 0.6 is 23.4 Å². The van der Waals surface area contributed by atoms with Crippen LogP contribution < -0.4 is 4.74 Å². The molecule has 0 fully saturated rings. The van der Waals surface area contributed by atoms with Crippen LogP contribution in [0, 0.1) is 6.92 Å². The van der Waals surface area contributed by atoms with Crippen LogP contribution in [0.4, 0.5) is 0 Å². The number of hydrogen-bond donors (Lipinski definition) is 0. The minimum atomic E-state index is -0.613. The highest BCUT2D eigenvalue weighted by Gasteiger charge is 2.17. The molecular formula is C16H12ClN3O2S. The van der Waals surface area contributed by atoms with Crippen molar-refractivity contribution >= 4 is 40.2 Å². The molecule has 0 saturated carbocycles. The molecule has 0 aliphatic carbocycles. The summed E-state index contributed by atoms with van der Waals surface area (Å²) in [6.07, 6.45) is 3.20. The van der Waals surface area contributed by atoms with Gasteiger partial charge in [-0.2, -0.15) is 0 Å². The number of aromatic nitrogens is 3. The van der Waals surface area contributed by atoms with Crippen molar-refractivity contribution < 1.29 is 9.53 Å². The highest BCUT2D eigenvalue weighted by molar-refractivity contribution is 7.98. The SMILES string of the molecule is CSc1ncc(C(=O)Oc2cccc3ccc(C)nc23)c(Cl)n1. The highest BCUT2D eigenvalue weighted by atomic mass is 35.5. The number of thioether (sulfide) groups is 1. The topological polar surface area (TPSA) is 65.0 Å². The van der Waals surface area contributed by atoms with Gasteiger partial charge in [0.15, 0.2) is 10.9 Å². The van der Waals surface area contributed by atoms with Crippen molar-refractivity contribution in [2.24, 2.45) is 0 Å². The van der Waals surface area contributed by atoms with E-state index >= 15 is 0 Å². The fourth-order valence-electron chi connectivity index (χ4n) is 2.04. The number of halogens is 1. The Kier molecular flexibility index (Phi) is 4.45. The number of para-hydroxylation sites is 1. The molecule has 5 nitrogen and oxygen atoms in total. The second-order valence-electron chi connectivity index (χ2n) is 4.73. The summed E-state index contributed by atoms with van der Waals surface area (Å²) in [7, 11) is 0. The smallest absolute Gasteiger partial charge is 0.348 e. The summed E-state index contributed by atoms with van der Waals surface area (Å²) in [6.45, 7) is 1.88. The van der Waals surface area contributed by atoms with Crippen LogP contribution in [0.1, 0.15) is 16.1 Å². The average molecular weight is 346 g/mol. The number of hydrogen-bond acceptors (Lipinski definition) is 6. The van der Waals surface area contributed by atoms with E-state index in [2.05, 4.69) is 15.0 Å². The molecule has 0 atom stereocenters. The minimum Gasteiger partial charge on any atom is -0.420 e. The van der Waals surface area contributed by atoms with Gasteiger partial charge in [0.25, 0.3) is 0 Å². The monoisotopic (exact) mass is 345 g/mol. The van der Waals surface area contributed by atoms with Gasteiger partial charge in [-0.25, -0.2) is 19.7 Å². The highest BCUT2D eigenvalue weighted by Crippen LogP contribution is 2.26. The Hall–Kier alpha value is -2.18. The van der Waals surface area contributed by atoms with Gasteiger partial charge in [0.1, 0.15) is 16.2 Å². The maximum absolute atomic E-state index is 12.3. The normalized spacial score (nSPS) is 10.7. The standard InChI is InChI=1S/C16H12ClN3O2S/c1-9-6-7-10-4-3-5-12(13(10)19-9)22-15(21)11-8-18-16(23-2)20-14(11)17/h3-8H,1-2H3. The van der Waals surface area contributed by atoms with Crippen LogP contribution in [0.5, 0.6) is 5.75 Å². The van der Waals surface area contributed by atoms with E-state index in [0.29, 0.717) is 16.4 Å². The number of ether oxygens (including phenoxy) is 1. The molecule has 2 aromatic heterocycles. The number of benzene rings is 1. The molecule has 0 radical (unpaired) electrons. The summed E-state index contributed by atoms with van der Waals surface area (Å²) in [4.78, 5) is 24.8. The van der Waals surface area contributed by atoms with Gasteiger partial charge in [-0.05, 0) is 25.3 Å². The number of esters is 1. The first-order valence-corrected chi connectivity index (χ1v) is 8.34. The van der Waals surface area contributed by atoms with Gasteiger partial charge >= 0.3 is 5.97 Å². The van der Waals surface area contributed by atoms with Crippen molar-refractivity contribution in [2.75, 3.05) is 6.26 Å². The molecule has 0 amide bonds. The van der Waals surface area contributed by atoms with Crippen molar-refractivity contribution in [3.05, 3.63) is 52.9 Å². The van der Waals surface area contributed by atoms with Gasteiger partial charge in [-0.3, -0.25) is 0 Å².